The summed E-state index contributed by atoms with van der Waals surface area (Å²) in [5.74, 6) is -0.330. The topological polar surface area (TPSA) is 52.2 Å². The summed E-state index contributed by atoms with van der Waals surface area (Å²) >= 11 is 0. The molecule has 116 valence electrons. The van der Waals surface area contributed by atoms with E-state index < -0.39 is 0 Å². The van der Waals surface area contributed by atoms with Crippen molar-refractivity contribution in [2.75, 3.05) is 26.7 Å². The number of hydrogen-bond donors (Lipinski definition) is 1. The number of aromatic amines is 1. The lowest BCUT2D eigenvalue weighted by molar-refractivity contribution is 0.0527. The standard InChI is InChI=1S/C16H19FN4O/c1-11-10-20(2)7-8-21(11)16(22)15-9-14(18-19-15)12-3-5-13(17)6-4-12/h3-6,9,11H,7-8,10H2,1-2H3,(H,18,19)/t11-/m1/s1. The molecular formula is C16H19FN4O. The van der Waals surface area contributed by atoms with Gasteiger partial charge in [-0.25, -0.2) is 4.39 Å². The highest BCUT2D eigenvalue weighted by Gasteiger charge is 2.27. The van der Waals surface area contributed by atoms with Gasteiger partial charge in [-0.1, -0.05) is 0 Å². The number of nitrogens with zero attached hydrogens (tertiary/aromatic N) is 3. The molecule has 0 radical (unpaired) electrons. The molecule has 1 aromatic carbocycles. The molecule has 0 unspecified atom stereocenters. The second-order valence-corrected chi connectivity index (χ2v) is 5.78. The Bertz CT molecular complexity index is 667. The van der Waals surface area contributed by atoms with E-state index in [0.717, 1.165) is 18.7 Å². The van der Waals surface area contributed by atoms with E-state index in [1.54, 1.807) is 18.2 Å². The highest BCUT2D eigenvalue weighted by Crippen LogP contribution is 2.20. The molecule has 0 aliphatic carbocycles. The van der Waals surface area contributed by atoms with Gasteiger partial charge in [-0.3, -0.25) is 9.89 Å². The number of aromatic nitrogens is 2. The van der Waals surface area contributed by atoms with Crippen LogP contribution in [0.2, 0.25) is 0 Å². The van der Waals surface area contributed by atoms with Gasteiger partial charge in [0.2, 0.25) is 0 Å². The molecule has 1 aromatic heterocycles. The molecule has 22 heavy (non-hydrogen) atoms. The Balaban J connectivity index is 1.78. The van der Waals surface area contributed by atoms with Crippen LogP contribution in [0.15, 0.2) is 30.3 Å². The number of hydrogen-bond acceptors (Lipinski definition) is 3. The molecule has 1 N–H and O–H groups in total. The summed E-state index contributed by atoms with van der Waals surface area (Å²) in [6.45, 7) is 4.49. The predicted octanol–water partition coefficient (Wildman–Crippen LogP) is 1.99. The van der Waals surface area contributed by atoms with Crippen LogP contribution >= 0.6 is 0 Å². The van der Waals surface area contributed by atoms with Crippen molar-refractivity contribution in [3.8, 4) is 11.3 Å². The first-order valence-corrected chi connectivity index (χ1v) is 7.35. The zero-order valence-corrected chi connectivity index (χ0v) is 12.7. The third kappa shape index (κ3) is 2.87. The van der Waals surface area contributed by atoms with Gasteiger partial charge in [0, 0.05) is 31.2 Å². The number of benzene rings is 1. The van der Waals surface area contributed by atoms with Crippen LogP contribution in [0.5, 0.6) is 0 Å². The molecular weight excluding hydrogens is 283 g/mol. The normalized spacial score (nSPS) is 19.4. The van der Waals surface area contributed by atoms with Crippen molar-refractivity contribution in [1.82, 2.24) is 20.0 Å². The van der Waals surface area contributed by atoms with Crippen molar-refractivity contribution < 1.29 is 9.18 Å². The lowest BCUT2D eigenvalue weighted by Gasteiger charge is -2.37. The molecule has 1 saturated heterocycles. The van der Waals surface area contributed by atoms with Crippen LogP contribution < -0.4 is 0 Å². The molecule has 0 spiro atoms. The van der Waals surface area contributed by atoms with E-state index in [2.05, 4.69) is 22.1 Å². The van der Waals surface area contributed by atoms with Crippen LogP contribution in [-0.4, -0.2) is 58.6 Å². The fraction of sp³-hybridized carbons (Fsp3) is 0.375. The molecule has 1 fully saturated rings. The Hall–Kier alpha value is -2.21. The second-order valence-electron chi connectivity index (χ2n) is 5.78. The maximum Gasteiger partial charge on any atom is 0.272 e. The Morgan fingerprint density at radius 3 is 2.73 bits per heavy atom. The minimum Gasteiger partial charge on any atom is -0.332 e. The number of halogens is 1. The van der Waals surface area contributed by atoms with Crippen molar-refractivity contribution in [3.05, 3.63) is 41.8 Å². The van der Waals surface area contributed by atoms with E-state index in [-0.39, 0.29) is 17.8 Å². The summed E-state index contributed by atoms with van der Waals surface area (Å²) < 4.78 is 13.0. The number of amides is 1. The summed E-state index contributed by atoms with van der Waals surface area (Å²) in [6, 6.07) is 7.96. The molecule has 1 aliphatic rings. The smallest absolute Gasteiger partial charge is 0.272 e. The van der Waals surface area contributed by atoms with Gasteiger partial charge in [-0.2, -0.15) is 5.10 Å². The van der Waals surface area contributed by atoms with E-state index in [1.165, 1.54) is 12.1 Å². The predicted molar refractivity (Wildman–Crippen MR) is 82.0 cm³/mol. The molecule has 3 rings (SSSR count). The van der Waals surface area contributed by atoms with Crippen molar-refractivity contribution in [3.63, 3.8) is 0 Å². The highest BCUT2D eigenvalue weighted by molar-refractivity contribution is 5.93. The van der Waals surface area contributed by atoms with Crippen LogP contribution in [-0.2, 0) is 0 Å². The van der Waals surface area contributed by atoms with Gasteiger partial charge in [0.25, 0.3) is 5.91 Å². The number of piperazine rings is 1. The fourth-order valence-corrected chi connectivity index (χ4v) is 2.80. The zero-order valence-electron chi connectivity index (χ0n) is 12.7. The Morgan fingerprint density at radius 2 is 2.05 bits per heavy atom. The third-order valence-electron chi connectivity index (χ3n) is 4.04. The molecule has 1 aliphatic heterocycles. The largest absolute Gasteiger partial charge is 0.332 e. The van der Waals surface area contributed by atoms with Crippen LogP contribution in [0.3, 0.4) is 0 Å². The molecule has 6 heteroatoms. The number of carbonyl (C=O) groups is 1. The highest BCUT2D eigenvalue weighted by atomic mass is 19.1. The average Bonchev–Trinajstić information content (AvgIpc) is 2.97. The number of nitrogens with one attached hydrogen (secondary N) is 1. The number of carbonyl (C=O) groups excluding carboxylic acids is 1. The van der Waals surface area contributed by atoms with Crippen molar-refractivity contribution in [2.24, 2.45) is 0 Å². The van der Waals surface area contributed by atoms with E-state index in [4.69, 9.17) is 0 Å². The second kappa shape index (κ2) is 5.88. The third-order valence-corrected chi connectivity index (χ3v) is 4.04. The maximum atomic E-state index is 13.0. The molecule has 2 heterocycles. The van der Waals surface area contributed by atoms with Crippen molar-refractivity contribution in [1.29, 1.82) is 0 Å². The van der Waals surface area contributed by atoms with Gasteiger partial charge in [0.05, 0.1) is 5.69 Å². The Kier molecular flexibility index (Phi) is 3.94. The monoisotopic (exact) mass is 302 g/mol. The van der Waals surface area contributed by atoms with Crippen molar-refractivity contribution >= 4 is 5.91 Å². The van der Waals surface area contributed by atoms with Crippen LogP contribution in [0.4, 0.5) is 4.39 Å². The van der Waals surface area contributed by atoms with E-state index in [0.29, 0.717) is 17.9 Å². The molecule has 1 amide bonds. The Labute approximate surface area is 128 Å². The number of rotatable bonds is 2. The van der Waals surface area contributed by atoms with E-state index >= 15 is 0 Å². The quantitative estimate of drug-likeness (QED) is 0.923. The van der Waals surface area contributed by atoms with E-state index in [1.807, 2.05) is 11.8 Å². The maximum absolute atomic E-state index is 13.0. The summed E-state index contributed by atoms with van der Waals surface area (Å²) in [5.41, 5.74) is 1.89. The minimum atomic E-state index is -0.290. The fourth-order valence-electron chi connectivity index (χ4n) is 2.80. The number of H-pyrrole nitrogens is 1. The first kappa shape index (κ1) is 14.7. The van der Waals surface area contributed by atoms with Gasteiger partial charge in [0.1, 0.15) is 11.5 Å². The average molecular weight is 302 g/mol. The number of likely N-dealkylation sites (N-methyl/N-ethyl adjacent to an activating group) is 1. The van der Waals surface area contributed by atoms with Crippen LogP contribution in [0.1, 0.15) is 17.4 Å². The lowest BCUT2D eigenvalue weighted by Crippen LogP contribution is -2.52. The van der Waals surface area contributed by atoms with Crippen LogP contribution in [0.25, 0.3) is 11.3 Å². The summed E-state index contributed by atoms with van der Waals surface area (Å²) in [7, 11) is 2.06. The summed E-state index contributed by atoms with van der Waals surface area (Å²) in [4.78, 5) is 16.7. The molecule has 0 saturated carbocycles. The SMILES string of the molecule is C[C@@H]1CN(C)CCN1C(=O)c1cc(-c2ccc(F)cc2)n[nH]1. The van der Waals surface area contributed by atoms with Gasteiger partial charge in [0.15, 0.2) is 0 Å². The van der Waals surface area contributed by atoms with E-state index in [9.17, 15) is 9.18 Å². The van der Waals surface area contributed by atoms with Crippen molar-refractivity contribution in [2.45, 2.75) is 13.0 Å². The molecule has 2 aromatic rings. The molecule has 0 bridgehead atoms. The molecule has 5 nitrogen and oxygen atoms in total. The molecule has 1 atom stereocenters. The summed E-state index contributed by atoms with van der Waals surface area (Å²) in [5, 5.41) is 6.97. The van der Waals surface area contributed by atoms with Gasteiger partial charge in [-0.15, -0.1) is 0 Å². The Morgan fingerprint density at radius 1 is 1.32 bits per heavy atom. The zero-order chi connectivity index (χ0) is 15.7. The first-order valence-electron chi connectivity index (χ1n) is 7.35. The summed E-state index contributed by atoms with van der Waals surface area (Å²) in [6.07, 6.45) is 0. The van der Waals surface area contributed by atoms with Gasteiger partial charge in [-0.05, 0) is 44.3 Å². The van der Waals surface area contributed by atoms with Gasteiger partial charge < -0.3 is 9.80 Å². The lowest BCUT2D eigenvalue weighted by atomic mass is 10.1. The van der Waals surface area contributed by atoms with Gasteiger partial charge >= 0.3 is 0 Å². The first-order chi connectivity index (χ1) is 10.5. The van der Waals surface area contributed by atoms with Crippen LogP contribution in [0, 0.1) is 5.82 Å². The minimum absolute atomic E-state index is 0.0403.